The van der Waals surface area contributed by atoms with Crippen molar-refractivity contribution in [1.29, 1.82) is 0 Å². The zero-order valence-corrected chi connectivity index (χ0v) is 16.7. The number of amides is 1. The molecule has 1 atom stereocenters. The second-order valence-electron chi connectivity index (χ2n) is 7.81. The van der Waals surface area contributed by atoms with E-state index in [2.05, 4.69) is 4.98 Å². The van der Waals surface area contributed by atoms with Crippen LogP contribution in [0.1, 0.15) is 31.5 Å². The molecule has 152 valence electrons. The van der Waals surface area contributed by atoms with Gasteiger partial charge < -0.3 is 15.0 Å². The van der Waals surface area contributed by atoms with Crippen molar-refractivity contribution in [3.63, 3.8) is 0 Å². The van der Waals surface area contributed by atoms with Crippen LogP contribution in [0, 0.1) is 18.7 Å². The molecule has 0 spiro atoms. The maximum absolute atomic E-state index is 14.0. The van der Waals surface area contributed by atoms with Crippen LogP contribution in [0.15, 0.2) is 23.0 Å². The fourth-order valence-electron chi connectivity index (χ4n) is 3.74. The summed E-state index contributed by atoms with van der Waals surface area (Å²) in [6.07, 6.45) is 0.283. The molecule has 1 fully saturated rings. The average Bonchev–Trinajstić information content (AvgIpc) is 2.68. The number of aliphatic hydroxyl groups is 1. The van der Waals surface area contributed by atoms with Crippen molar-refractivity contribution in [3.05, 3.63) is 45.6 Å². The Morgan fingerprint density at radius 1 is 1.25 bits per heavy atom. The number of pyridine rings is 1. The van der Waals surface area contributed by atoms with Crippen molar-refractivity contribution in [1.82, 2.24) is 14.8 Å². The molecule has 1 aliphatic heterocycles. The van der Waals surface area contributed by atoms with Crippen LogP contribution in [-0.2, 0) is 11.2 Å². The minimum atomic E-state index is -0.649. The molecule has 1 saturated heterocycles. The third kappa shape index (κ3) is 4.25. The minimum Gasteiger partial charge on any atom is -0.378 e. The van der Waals surface area contributed by atoms with E-state index in [1.165, 1.54) is 6.07 Å². The van der Waals surface area contributed by atoms with Gasteiger partial charge in [-0.15, -0.1) is 0 Å². The summed E-state index contributed by atoms with van der Waals surface area (Å²) in [4.78, 5) is 30.9. The summed E-state index contributed by atoms with van der Waals surface area (Å²) < 4.78 is 14.0. The van der Waals surface area contributed by atoms with E-state index in [1.807, 2.05) is 30.6 Å². The summed E-state index contributed by atoms with van der Waals surface area (Å²) in [6, 6.07) is 4.76. The number of carbonyl (C=O) groups excluding carboxylic acids is 1. The van der Waals surface area contributed by atoms with Crippen molar-refractivity contribution in [3.8, 4) is 0 Å². The molecule has 7 heteroatoms. The number of carbonyl (C=O) groups is 1. The number of halogens is 1. The van der Waals surface area contributed by atoms with E-state index < -0.39 is 17.6 Å². The molecular weight excluding hydrogens is 361 g/mol. The molecule has 6 nitrogen and oxygen atoms in total. The summed E-state index contributed by atoms with van der Waals surface area (Å²) >= 11 is 0. The van der Waals surface area contributed by atoms with Gasteiger partial charge in [-0.05, 0) is 42.8 Å². The highest BCUT2D eigenvalue weighted by Gasteiger charge is 2.26. The van der Waals surface area contributed by atoms with Crippen LogP contribution >= 0.6 is 0 Å². The summed E-state index contributed by atoms with van der Waals surface area (Å²) in [7, 11) is 0. The van der Waals surface area contributed by atoms with E-state index in [1.54, 1.807) is 12.1 Å². The number of nitrogens with one attached hydrogen (secondary N) is 1. The molecule has 28 heavy (non-hydrogen) atoms. The maximum atomic E-state index is 14.0. The van der Waals surface area contributed by atoms with Crippen LogP contribution < -0.4 is 5.56 Å². The molecule has 1 unspecified atom stereocenters. The van der Waals surface area contributed by atoms with Gasteiger partial charge in [0.2, 0.25) is 5.91 Å². The number of aryl methyl sites for hydroxylation is 2. The molecule has 0 aliphatic carbocycles. The van der Waals surface area contributed by atoms with Crippen LogP contribution in [0.5, 0.6) is 0 Å². The smallest absolute Gasteiger partial charge is 0.259 e. The lowest BCUT2D eigenvalue weighted by Crippen LogP contribution is -2.52. The normalized spacial score (nSPS) is 16.7. The van der Waals surface area contributed by atoms with E-state index in [0.29, 0.717) is 50.1 Å². The van der Waals surface area contributed by atoms with Crippen molar-refractivity contribution < 1.29 is 14.3 Å². The van der Waals surface area contributed by atoms with Crippen molar-refractivity contribution in [2.75, 3.05) is 26.2 Å². The molecular formula is C21H28FN3O3. The summed E-state index contributed by atoms with van der Waals surface area (Å²) in [5.74, 6) is -0.401. The molecule has 2 N–H and O–H groups in total. The molecule has 2 aromatic rings. The number of hydrogen-bond acceptors (Lipinski definition) is 4. The molecule has 0 radical (unpaired) electrons. The zero-order valence-electron chi connectivity index (χ0n) is 16.7. The van der Waals surface area contributed by atoms with E-state index in [4.69, 9.17) is 0 Å². The Morgan fingerprint density at radius 3 is 2.57 bits per heavy atom. The van der Waals surface area contributed by atoms with Crippen LogP contribution in [-0.4, -0.2) is 58.2 Å². The van der Waals surface area contributed by atoms with Crippen LogP contribution in [0.3, 0.4) is 0 Å². The van der Waals surface area contributed by atoms with Gasteiger partial charge in [0.1, 0.15) is 12.0 Å². The monoisotopic (exact) mass is 389 g/mol. The Bertz CT molecular complexity index is 917. The lowest BCUT2D eigenvalue weighted by Gasteiger charge is -2.38. The second kappa shape index (κ2) is 8.41. The lowest BCUT2D eigenvalue weighted by atomic mass is 10.0. The van der Waals surface area contributed by atoms with E-state index >= 15 is 0 Å². The number of benzene rings is 1. The third-order valence-corrected chi connectivity index (χ3v) is 5.45. The van der Waals surface area contributed by atoms with Gasteiger partial charge in [0.05, 0.1) is 5.39 Å². The topological polar surface area (TPSA) is 76.6 Å². The van der Waals surface area contributed by atoms with Crippen LogP contribution in [0.2, 0.25) is 0 Å². The summed E-state index contributed by atoms with van der Waals surface area (Å²) in [6.45, 7) is 8.09. The van der Waals surface area contributed by atoms with Gasteiger partial charge in [-0.2, -0.15) is 0 Å². The first-order valence-electron chi connectivity index (χ1n) is 9.80. The van der Waals surface area contributed by atoms with Gasteiger partial charge >= 0.3 is 0 Å². The van der Waals surface area contributed by atoms with Crippen molar-refractivity contribution in [2.24, 2.45) is 5.92 Å². The Morgan fingerprint density at radius 2 is 1.93 bits per heavy atom. The average molecular weight is 389 g/mol. The van der Waals surface area contributed by atoms with Gasteiger partial charge in [0.15, 0.2) is 0 Å². The second-order valence-corrected chi connectivity index (χ2v) is 7.81. The highest BCUT2D eigenvalue weighted by molar-refractivity contribution is 5.85. The van der Waals surface area contributed by atoms with E-state index in [9.17, 15) is 19.1 Å². The van der Waals surface area contributed by atoms with Crippen LogP contribution in [0.4, 0.5) is 4.39 Å². The zero-order chi connectivity index (χ0) is 20.4. The Labute approximate surface area is 164 Å². The summed E-state index contributed by atoms with van der Waals surface area (Å²) in [5, 5.41) is 11.2. The Kier molecular flexibility index (Phi) is 6.15. The Balaban J connectivity index is 1.63. The highest BCUT2D eigenvalue weighted by Crippen LogP contribution is 2.20. The largest absolute Gasteiger partial charge is 0.378 e. The number of rotatable bonds is 5. The molecule has 0 bridgehead atoms. The molecule has 1 aromatic heterocycles. The highest BCUT2D eigenvalue weighted by atomic mass is 19.1. The van der Waals surface area contributed by atoms with Gasteiger partial charge in [0.25, 0.3) is 5.56 Å². The van der Waals surface area contributed by atoms with E-state index in [0.717, 1.165) is 5.56 Å². The first-order chi connectivity index (χ1) is 13.3. The maximum Gasteiger partial charge on any atom is 0.259 e. The van der Waals surface area contributed by atoms with Gasteiger partial charge in [0, 0.05) is 37.8 Å². The number of hydrogen-bond donors (Lipinski definition) is 2. The number of H-pyrrole nitrogens is 1. The third-order valence-electron chi connectivity index (χ3n) is 5.45. The van der Waals surface area contributed by atoms with Crippen molar-refractivity contribution in [2.45, 2.75) is 39.8 Å². The van der Waals surface area contributed by atoms with Gasteiger partial charge in [-0.25, -0.2) is 4.39 Å². The standard InChI is InChI=1S/C21H28FN3O3/c1-13(2)21(28)25-10-8-24(9-11-25)18(26)7-5-15-12-16-14(3)4-6-17(22)19(16)20(27)23-15/h4,6,12-13,18,26H,5,7-11H2,1-3H3,(H,23,27). The SMILES string of the molecule is Cc1ccc(F)c2c(=O)[nH]c(CCC(O)N3CCN(C(=O)C(C)C)CC3)cc12. The number of aliphatic hydroxyl groups excluding tert-OH is 1. The van der Waals surface area contributed by atoms with Gasteiger partial charge in [-0.1, -0.05) is 19.9 Å². The first-order valence-corrected chi connectivity index (χ1v) is 9.80. The fourth-order valence-corrected chi connectivity index (χ4v) is 3.74. The molecule has 2 heterocycles. The number of fused-ring (bicyclic) bond motifs is 1. The summed E-state index contributed by atoms with van der Waals surface area (Å²) in [5.41, 5.74) is 1.08. The lowest BCUT2D eigenvalue weighted by molar-refractivity contribution is -0.138. The number of piperazine rings is 1. The molecule has 0 saturated carbocycles. The van der Waals surface area contributed by atoms with E-state index in [-0.39, 0.29) is 17.2 Å². The number of nitrogens with zero attached hydrogens (tertiary/aromatic N) is 2. The number of aromatic amines is 1. The minimum absolute atomic E-state index is 0.0190. The fraction of sp³-hybridized carbons (Fsp3) is 0.524. The van der Waals surface area contributed by atoms with Gasteiger partial charge in [-0.3, -0.25) is 14.5 Å². The number of aromatic nitrogens is 1. The Hall–Kier alpha value is -2.25. The molecule has 1 aromatic carbocycles. The quantitative estimate of drug-likeness (QED) is 0.820. The predicted octanol–water partition coefficient (Wildman–Crippen LogP) is 2.03. The molecule has 1 aliphatic rings. The molecule has 3 rings (SSSR count). The predicted molar refractivity (Wildman–Crippen MR) is 107 cm³/mol. The first kappa shape index (κ1) is 20.5. The van der Waals surface area contributed by atoms with Crippen molar-refractivity contribution >= 4 is 16.7 Å². The van der Waals surface area contributed by atoms with Crippen LogP contribution in [0.25, 0.3) is 10.8 Å². The molecule has 1 amide bonds.